The van der Waals surface area contributed by atoms with Crippen LogP contribution in [0.4, 0.5) is 0 Å². The van der Waals surface area contributed by atoms with Gasteiger partial charge in [-0.15, -0.1) is 15.3 Å². The lowest BCUT2D eigenvalue weighted by molar-refractivity contribution is -0.0597. The number of hydrogen-bond donors (Lipinski definition) is 0. The number of rotatable bonds is 5. The van der Waals surface area contributed by atoms with Crippen LogP contribution in [0, 0.1) is 0 Å². The van der Waals surface area contributed by atoms with E-state index >= 15 is 0 Å². The number of aromatic nitrogens is 6. The molecule has 0 aliphatic carbocycles. The van der Waals surface area contributed by atoms with Gasteiger partial charge in [0.25, 0.3) is 0 Å². The molecule has 0 spiro atoms. The van der Waals surface area contributed by atoms with Gasteiger partial charge >= 0.3 is 0 Å². The largest absolute Gasteiger partial charge is 0.376 e. The van der Waals surface area contributed by atoms with Crippen molar-refractivity contribution in [3.05, 3.63) is 24.0 Å². The van der Waals surface area contributed by atoms with E-state index in [4.69, 9.17) is 4.74 Å². The standard InChI is InChI=1S/C15H24N6O/c1-4-20-11-16-18-14(20)5-7-21-10-13(17-19-21)12-6-8-22-15(2,3)9-12/h10-12H,4-9H2,1-3H3/t12-/m0/s1. The molecule has 0 unspecified atom stereocenters. The van der Waals surface area contributed by atoms with Crippen LogP contribution in [-0.4, -0.2) is 42.0 Å². The van der Waals surface area contributed by atoms with E-state index in [9.17, 15) is 0 Å². The highest BCUT2D eigenvalue weighted by Gasteiger charge is 2.31. The summed E-state index contributed by atoms with van der Waals surface area (Å²) >= 11 is 0. The van der Waals surface area contributed by atoms with Crippen LogP contribution in [0.25, 0.3) is 0 Å². The molecule has 2 aromatic rings. The van der Waals surface area contributed by atoms with E-state index in [1.807, 2.05) is 4.68 Å². The van der Waals surface area contributed by atoms with E-state index in [1.54, 1.807) is 6.33 Å². The van der Waals surface area contributed by atoms with Gasteiger partial charge in [0.05, 0.1) is 11.3 Å². The van der Waals surface area contributed by atoms with Crippen molar-refractivity contribution in [2.24, 2.45) is 0 Å². The van der Waals surface area contributed by atoms with Crippen LogP contribution in [-0.2, 0) is 24.2 Å². The molecular weight excluding hydrogens is 280 g/mol. The molecule has 2 aromatic heterocycles. The Morgan fingerprint density at radius 3 is 3.00 bits per heavy atom. The van der Waals surface area contributed by atoms with Gasteiger partial charge in [-0.25, -0.2) is 0 Å². The van der Waals surface area contributed by atoms with E-state index in [2.05, 4.69) is 52.0 Å². The average molecular weight is 304 g/mol. The zero-order valence-corrected chi connectivity index (χ0v) is 13.6. The van der Waals surface area contributed by atoms with Gasteiger partial charge in [-0.3, -0.25) is 4.68 Å². The minimum atomic E-state index is -0.0652. The van der Waals surface area contributed by atoms with Crippen molar-refractivity contribution in [2.45, 2.75) is 64.6 Å². The third kappa shape index (κ3) is 3.35. The van der Waals surface area contributed by atoms with Crippen LogP contribution in [0.1, 0.15) is 51.0 Å². The fraction of sp³-hybridized carbons (Fsp3) is 0.733. The molecule has 7 nitrogen and oxygen atoms in total. The average Bonchev–Trinajstić information content (AvgIpc) is 3.13. The Bertz CT molecular complexity index is 617. The van der Waals surface area contributed by atoms with Crippen LogP contribution in [0.3, 0.4) is 0 Å². The first-order valence-electron chi connectivity index (χ1n) is 7.98. The van der Waals surface area contributed by atoms with Gasteiger partial charge in [0.15, 0.2) is 0 Å². The zero-order chi connectivity index (χ0) is 15.6. The maximum absolute atomic E-state index is 5.77. The first-order chi connectivity index (χ1) is 10.6. The highest BCUT2D eigenvalue weighted by molar-refractivity contribution is 5.05. The van der Waals surface area contributed by atoms with Crippen molar-refractivity contribution >= 4 is 0 Å². The lowest BCUT2D eigenvalue weighted by Gasteiger charge is -2.34. The van der Waals surface area contributed by atoms with Crippen LogP contribution in [0.2, 0.25) is 0 Å². The minimum Gasteiger partial charge on any atom is -0.376 e. The molecule has 0 radical (unpaired) electrons. The lowest BCUT2D eigenvalue weighted by atomic mass is 9.86. The molecule has 1 aliphatic rings. The molecule has 7 heteroatoms. The predicted molar refractivity (Wildman–Crippen MR) is 81.4 cm³/mol. The van der Waals surface area contributed by atoms with Gasteiger partial charge in [-0.05, 0) is 33.6 Å². The summed E-state index contributed by atoms with van der Waals surface area (Å²) in [5.74, 6) is 1.43. The molecule has 1 fully saturated rings. The first kappa shape index (κ1) is 15.1. The number of hydrogen-bond acceptors (Lipinski definition) is 5. The number of ether oxygens (including phenoxy) is 1. The van der Waals surface area contributed by atoms with E-state index < -0.39 is 0 Å². The maximum atomic E-state index is 5.77. The normalized spacial score (nSPS) is 21.1. The van der Waals surface area contributed by atoms with Crippen molar-refractivity contribution in [1.82, 2.24) is 29.8 Å². The Kier molecular flexibility index (Phi) is 4.24. The third-order valence-electron chi connectivity index (χ3n) is 4.27. The molecule has 0 aromatic carbocycles. The van der Waals surface area contributed by atoms with Crippen molar-refractivity contribution in [3.8, 4) is 0 Å². The minimum absolute atomic E-state index is 0.0652. The summed E-state index contributed by atoms with van der Waals surface area (Å²) in [5.41, 5.74) is 1.01. The Labute approximate surface area is 130 Å². The van der Waals surface area contributed by atoms with Crippen molar-refractivity contribution < 1.29 is 4.74 Å². The SMILES string of the molecule is CCn1cnnc1CCn1cc([C@H]2CCOC(C)(C)C2)nn1. The molecule has 22 heavy (non-hydrogen) atoms. The summed E-state index contributed by atoms with van der Waals surface area (Å²) in [7, 11) is 0. The summed E-state index contributed by atoms with van der Waals surface area (Å²) in [6, 6.07) is 0. The topological polar surface area (TPSA) is 70.7 Å². The first-order valence-corrected chi connectivity index (χ1v) is 7.98. The smallest absolute Gasteiger partial charge is 0.134 e. The van der Waals surface area contributed by atoms with Gasteiger partial charge in [-0.2, -0.15) is 0 Å². The summed E-state index contributed by atoms with van der Waals surface area (Å²) in [6.07, 6.45) is 6.67. The summed E-state index contributed by atoms with van der Waals surface area (Å²) < 4.78 is 9.74. The monoisotopic (exact) mass is 304 g/mol. The Hall–Kier alpha value is -1.76. The fourth-order valence-corrected chi connectivity index (χ4v) is 3.05. The maximum Gasteiger partial charge on any atom is 0.134 e. The molecule has 1 aliphatic heterocycles. The van der Waals surface area contributed by atoms with Crippen LogP contribution in [0.5, 0.6) is 0 Å². The number of aryl methyl sites for hydroxylation is 3. The summed E-state index contributed by atoms with van der Waals surface area (Å²) in [4.78, 5) is 0. The quantitative estimate of drug-likeness (QED) is 0.842. The molecule has 3 rings (SSSR count). The number of nitrogens with zero attached hydrogens (tertiary/aromatic N) is 6. The van der Waals surface area contributed by atoms with Gasteiger partial charge in [0.2, 0.25) is 0 Å². The van der Waals surface area contributed by atoms with Gasteiger partial charge in [0.1, 0.15) is 12.2 Å². The lowest BCUT2D eigenvalue weighted by Crippen LogP contribution is -2.33. The third-order valence-corrected chi connectivity index (χ3v) is 4.27. The Morgan fingerprint density at radius 1 is 1.36 bits per heavy atom. The van der Waals surface area contributed by atoms with Gasteiger partial charge in [0, 0.05) is 38.2 Å². The van der Waals surface area contributed by atoms with Crippen LogP contribution in [0.15, 0.2) is 12.5 Å². The summed E-state index contributed by atoms with van der Waals surface area (Å²) in [6.45, 7) is 8.83. The van der Waals surface area contributed by atoms with E-state index in [-0.39, 0.29) is 5.60 Å². The van der Waals surface area contributed by atoms with Crippen molar-refractivity contribution in [1.29, 1.82) is 0 Å². The predicted octanol–water partition coefficient (Wildman–Crippen LogP) is 1.80. The molecule has 1 atom stereocenters. The van der Waals surface area contributed by atoms with Gasteiger partial charge < -0.3 is 9.30 Å². The van der Waals surface area contributed by atoms with E-state index in [0.717, 1.165) is 50.5 Å². The van der Waals surface area contributed by atoms with E-state index in [0.29, 0.717) is 5.92 Å². The van der Waals surface area contributed by atoms with Crippen molar-refractivity contribution in [3.63, 3.8) is 0 Å². The molecule has 0 amide bonds. The van der Waals surface area contributed by atoms with Crippen LogP contribution >= 0.6 is 0 Å². The molecule has 1 saturated heterocycles. The fourth-order valence-electron chi connectivity index (χ4n) is 3.05. The molecule has 0 bridgehead atoms. The highest BCUT2D eigenvalue weighted by atomic mass is 16.5. The van der Waals surface area contributed by atoms with E-state index in [1.165, 1.54) is 0 Å². The molecule has 3 heterocycles. The molecule has 0 saturated carbocycles. The second-order valence-corrected chi connectivity index (χ2v) is 6.49. The second kappa shape index (κ2) is 6.16. The zero-order valence-electron chi connectivity index (χ0n) is 13.6. The molecule has 120 valence electrons. The Morgan fingerprint density at radius 2 is 2.23 bits per heavy atom. The van der Waals surface area contributed by atoms with Crippen LogP contribution < -0.4 is 0 Å². The highest BCUT2D eigenvalue weighted by Crippen LogP contribution is 2.34. The summed E-state index contributed by atoms with van der Waals surface area (Å²) in [5, 5.41) is 16.7. The molecular formula is C15H24N6O. The Balaban J connectivity index is 1.62. The second-order valence-electron chi connectivity index (χ2n) is 6.49. The van der Waals surface area contributed by atoms with Gasteiger partial charge in [-0.1, -0.05) is 5.21 Å². The molecule has 0 N–H and O–H groups in total. The van der Waals surface area contributed by atoms with Crippen molar-refractivity contribution in [2.75, 3.05) is 6.61 Å².